The van der Waals surface area contributed by atoms with Crippen molar-refractivity contribution < 1.29 is 14.3 Å². The maximum absolute atomic E-state index is 12.6. The first-order chi connectivity index (χ1) is 11.5. The summed E-state index contributed by atoms with van der Waals surface area (Å²) in [5.41, 5.74) is 1.98. The van der Waals surface area contributed by atoms with Gasteiger partial charge in [-0.05, 0) is 18.2 Å². The molecule has 1 heterocycles. The van der Waals surface area contributed by atoms with E-state index in [2.05, 4.69) is 5.32 Å². The molecule has 6 heteroatoms. The molecule has 0 unspecified atom stereocenters. The molecular weight excluding hydrogens is 328 g/mol. The minimum absolute atomic E-state index is 0.256. The second kappa shape index (κ2) is 6.37. The van der Waals surface area contributed by atoms with Crippen LogP contribution in [0, 0.1) is 0 Å². The third-order valence-corrected chi connectivity index (χ3v) is 3.90. The zero-order valence-electron chi connectivity index (χ0n) is 13.2. The maximum Gasteiger partial charge on any atom is 0.308 e. The Bertz CT molecular complexity index is 947. The number of esters is 1. The second-order valence-corrected chi connectivity index (χ2v) is 5.77. The topological polar surface area (TPSA) is 60.3 Å². The number of halogens is 1. The number of carbonyl (C=O) groups is 2. The van der Waals surface area contributed by atoms with E-state index in [-0.39, 0.29) is 5.91 Å². The van der Waals surface area contributed by atoms with Crippen LogP contribution in [0.15, 0.2) is 48.7 Å². The standard InChI is InChI=1S/C18H15ClN2O3/c1-11(22)24-12-7-8-16(15(19)9-12)20-18(23)14-10-21(2)17-6-4-3-5-13(14)17/h3-10H,1-2H3,(H,20,23). The number of benzene rings is 2. The third kappa shape index (κ3) is 3.12. The van der Waals surface area contributed by atoms with Gasteiger partial charge in [-0.15, -0.1) is 0 Å². The highest BCUT2D eigenvalue weighted by atomic mass is 35.5. The van der Waals surface area contributed by atoms with Crippen LogP contribution in [-0.4, -0.2) is 16.4 Å². The first kappa shape index (κ1) is 16.1. The summed E-state index contributed by atoms with van der Waals surface area (Å²) in [4.78, 5) is 23.5. The molecule has 1 N–H and O–H groups in total. The van der Waals surface area contributed by atoms with Gasteiger partial charge in [-0.2, -0.15) is 0 Å². The van der Waals surface area contributed by atoms with Crippen molar-refractivity contribution in [3.63, 3.8) is 0 Å². The summed E-state index contributed by atoms with van der Waals surface area (Å²) in [6.07, 6.45) is 1.78. The quantitative estimate of drug-likeness (QED) is 0.578. The summed E-state index contributed by atoms with van der Waals surface area (Å²) >= 11 is 6.16. The highest BCUT2D eigenvalue weighted by molar-refractivity contribution is 6.34. The molecule has 0 saturated heterocycles. The van der Waals surface area contributed by atoms with E-state index in [9.17, 15) is 9.59 Å². The summed E-state index contributed by atoms with van der Waals surface area (Å²) < 4.78 is 6.86. The molecule has 0 saturated carbocycles. The van der Waals surface area contributed by atoms with Crippen LogP contribution < -0.4 is 10.1 Å². The second-order valence-electron chi connectivity index (χ2n) is 5.36. The molecule has 1 amide bonds. The molecule has 3 aromatic rings. The molecule has 1 aromatic heterocycles. The van der Waals surface area contributed by atoms with Crippen LogP contribution in [0.4, 0.5) is 5.69 Å². The van der Waals surface area contributed by atoms with Gasteiger partial charge < -0.3 is 14.6 Å². The zero-order chi connectivity index (χ0) is 17.3. The van der Waals surface area contributed by atoms with Crippen LogP contribution >= 0.6 is 11.6 Å². The lowest BCUT2D eigenvalue weighted by atomic mass is 10.1. The summed E-state index contributed by atoms with van der Waals surface area (Å²) in [5.74, 6) is -0.358. The molecule has 0 aliphatic rings. The summed E-state index contributed by atoms with van der Waals surface area (Å²) in [5, 5.41) is 3.95. The van der Waals surface area contributed by atoms with E-state index in [1.165, 1.54) is 13.0 Å². The lowest BCUT2D eigenvalue weighted by molar-refractivity contribution is -0.131. The monoisotopic (exact) mass is 342 g/mol. The predicted molar refractivity (Wildman–Crippen MR) is 93.6 cm³/mol. The summed E-state index contributed by atoms with van der Waals surface area (Å²) in [7, 11) is 1.89. The Morgan fingerprint density at radius 2 is 1.92 bits per heavy atom. The van der Waals surface area contributed by atoms with Crippen LogP contribution in [0.3, 0.4) is 0 Å². The number of rotatable bonds is 3. The number of hydrogen-bond acceptors (Lipinski definition) is 3. The molecule has 2 aromatic carbocycles. The van der Waals surface area contributed by atoms with Crippen LogP contribution in [0.5, 0.6) is 5.75 Å². The van der Waals surface area contributed by atoms with Crippen molar-refractivity contribution in [3.05, 3.63) is 59.2 Å². The molecule has 5 nitrogen and oxygen atoms in total. The van der Waals surface area contributed by atoms with E-state index in [1.807, 2.05) is 35.9 Å². The van der Waals surface area contributed by atoms with Crippen molar-refractivity contribution in [1.29, 1.82) is 0 Å². The van der Waals surface area contributed by atoms with Gasteiger partial charge in [0.25, 0.3) is 5.91 Å². The van der Waals surface area contributed by atoms with Crippen molar-refractivity contribution in [2.24, 2.45) is 7.05 Å². The van der Waals surface area contributed by atoms with Gasteiger partial charge in [0.15, 0.2) is 0 Å². The Balaban J connectivity index is 1.88. The average Bonchev–Trinajstić information content (AvgIpc) is 2.87. The van der Waals surface area contributed by atoms with Gasteiger partial charge in [0.2, 0.25) is 0 Å². The van der Waals surface area contributed by atoms with Gasteiger partial charge in [-0.1, -0.05) is 29.8 Å². The SMILES string of the molecule is CC(=O)Oc1ccc(NC(=O)c2cn(C)c3ccccc23)c(Cl)c1. The summed E-state index contributed by atoms with van der Waals surface area (Å²) in [6, 6.07) is 12.3. The van der Waals surface area contributed by atoms with Gasteiger partial charge in [-0.3, -0.25) is 9.59 Å². The van der Waals surface area contributed by atoms with E-state index in [0.717, 1.165) is 10.9 Å². The zero-order valence-corrected chi connectivity index (χ0v) is 13.9. The Kier molecular flexibility index (Phi) is 4.27. The van der Waals surface area contributed by atoms with Crippen molar-refractivity contribution in [2.75, 3.05) is 5.32 Å². The normalized spacial score (nSPS) is 10.6. The molecule has 0 aliphatic heterocycles. The largest absolute Gasteiger partial charge is 0.427 e. The minimum atomic E-state index is -0.432. The minimum Gasteiger partial charge on any atom is -0.427 e. The van der Waals surface area contributed by atoms with Gasteiger partial charge in [0.05, 0.1) is 16.3 Å². The molecule has 0 fully saturated rings. The van der Waals surface area contributed by atoms with Crippen molar-refractivity contribution >= 4 is 40.1 Å². The van der Waals surface area contributed by atoms with Gasteiger partial charge in [-0.25, -0.2) is 0 Å². The van der Waals surface area contributed by atoms with Gasteiger partial charge in [0.1, 0.15) is 5.75 Å². The van der Waals surface area contributed by atoms with E-state index in [1.54, 1.807) is 18.3 Å². The third-order valence-electron chi connectivity index (χ3n) is 3.59. The molecule has 24 heavy (non-hydrogen) atoms. The molecule has 0 atom stereocenters. The molecule has 122 valence electrons. The highest BCUT2D eigenvalue weighted by Crippen LogP contribution is 2.28. The van der Waals surface area contributed by atoms with E-state index in [0.29, 0.717) is 22.0 Å². The molecule has 3 rings (SSSR count). The number of aromatic nitrogens is 1. The number of nitrogens with one attached hydrogen (secondary N) is 1. The predicted octanol–water partition coefficient (Wildman–Crippen LogP) is 4.01. The van der Waals surface area contributed by atoms with Crippen molar-refractivity contribution in [3.8, 4) is 5.75 Å². The average molecular weight is 343 g/mol. The first-order valence-electron chi connectivity index (χ1n) is 7.29. The van der Waals surface area contributed by atoms with E-state index in [4.69, 9.17) is 16.3 Å². The molecular formula is C18H15ClN2O3. The Morgan fingerprint density at radius 1 is 1.17 bits per heavy atom. The fourth-order valence-corrected chi connectivity index (χ4v) is 2.76. The maximum atomic E-state index is 12.6. The van der Waals surface area contributed by atoms with Crippen LogP contribution in [0.2, 0.25) is 5.02 Å². The highest BCUT2D eigenvalue weighted by Gasteiger charge is 2.15. The number of amides is 1. The smallest absolute Gasteiger partial charge is 0.308 e. The number of fused-ring (bicyclic) bond motifs is 1. The Hall–Kier alpha value is -2.79. The Labute approximate surface area is 143 Å². The Morgan fingerprint density at radius 3 is 2.62 bits per heavy atom. The fraction of sp³-hybridized carbons (Fsp3) is 0.111. The molecule has 0 bridgehead atoms. The van der Waals surface area contributed by atoms with Crippen LogP contribution in [0.1, 0.15) is 17.3 Å². The van der Waals surface area contributed by atoms with Crippen molar-refractivity contribution in [1.82, 2.24) is 4.57 Å². The lowest BCUT2D eigenvalue weighted by Crippen LogP contribution is -2.12. The fourth-order valence-electron chi connectivity index (χ4n) is 2.54. The van der Waals surface area contributed by atoms with Crippen molar-refractivity contribution in [2.45, 2.75) is 6.92 Å². The number of aryl methyl sites for hydroxylation is 1. The first-order valence-corrected chi connectivity index (χ1v) is 7.67. The number of para-hydroxylation sites is 1. The number of ether oxygens (including phenoxy) is 1. The summed E-state index contributed by atoms with van der Waals surface area (Å²) in [6.45, 7) is 1.31. The van der Waals surface area contributed by atoms with E-state index >= 15 is 0 Å². The number of nitrogens with zero attached hydrogens (tertiary/aromatic N) is 1. The van der Waals surface area contributed by atoms with E-state index < -0.39 is 5.97 Å². The molecule has 0 radical (unpaired) electrons. The number of anilines is 1. The number of hydrogen-bond donors (Lipinski definition) is 1. The lowest BCUT2D eigenvalue weighted by Gasteiger charge is -2.08. The van der Waals surface area contributed by atoms with Gasteiger partial charge >= 0.3 is 5.97 Å². The molecule has 0 spiro atoms. The van der Waals surface area contributed by atoms with Crippen LogP contribution in [-0.2, 0) is 11.8 Å². The van der Waals surface area contributed by atoms with Crippen LogP contribution in [0.25, 0.3) is 10.9 Å². The molecule has 0 aliphatic carbocycles. The number of carbonyl (C=O) groups excluding carboxylic acids is 2. The van der Waals surface area contributed by atoms with Gasteiger partial charge in [0, 0.05) is 37.1 Å².